The van der Waals surface area contributed by atoms with E-state index in [0.29, 0.717) is 10.9 Å². The molecule has 2 rings (SSSR count). The molecule has 0 aliphatic heterocycles. The molecule has 0 bridgehead atoms. The number of nitrogens with one attached hydrogen (secondary N) is 1. The molecule has 76 valence electrons. The van der Waals surface area contributed by atoms with Crippen LogP contribution in [0.3, 0.4) is 0 Å². The van der Waals surface area contributed by atoms with E-state index in [-0.39, 0.29) is 5.56 Å². The average Bonchev–Trinajstić information content (AvgIpc) is 2.29. The number of H-pyrrole nitrogens is 1. The van der Waals surface area contributed by atoms with Gasteiger partial charge in [-0.1, -0.05) is 15.9 Å². The molecule has 0 unspecified atom stereocenters. The van der Waals surface area contributed by atoms with Crippen molar-refractivity contribution in [1.29, 1.82) is 0 Å². The fourth-order valence-corrected chi connectivity index (χ4v) is 1.93. The second kappa shape index (κ2) is 4.40. The quantitative estimate of drug-likeness (QED) is 0.847. The molecule has 3 nitrogen and oxygen atoms in total. The first kappa shape index (κ1) is 10.1. The van der Waals surface area contributed by atoms with E-state index in [1.165, 1.54) is 0 Å². The standard InChI is InChI=1S/C11H9BrN2O/c12-7-9-3-6-14-11(15)10(9)8-1-4-13-5-2-8/h1-6H,7H2,(H,14,15). The molecule has 2 heterocycles. The molecule has 0 aliphatic rings. The van der Waals surface area contributed by atoms with E-state index in [1.54, 1.807) is 18.6 Å². The number of hydrogen-bond acceptors (Lipinski definition) is 2. The second-order valence-corrected chi connectivity index (χ2v) is 3.64. The van der Waals surface area contributed by atoms with Crippen molar-refractivity contribution in [1.82, 2.24) is 9.97 Å². The van der Waals surface area contributed by atoms with Crippen LogP contribution in [0.2, 0.25) is 0 Å². The van der Waals surface area contributed by atoms with E-state index in [0.717, 1.165) is 11.1 Å². The van der Waals surface area contributed by atoms with Crippen LogP contribution in [0.1, 0.15) is 5.56 Å². The van der Waals surface area contributed by atoms with Crippen LogP contribution in [0, 0.1) is 0 Å². The molecule has 1 N–H and O–H groups in total. The Morgan fingerprint density at radius 1 is 1.27 bits per heavy atom. The molecule has 2 aromatic heterocycles. The summed E-state index contributed by atoms with van der Waals surface area (Å²) >= 11 is 3.37. The summed E-state index contributed by atoms with van der Waals surface area (Å²) in [5.41, 5.74) is 2.50. The molecule has 0 aliphatic carbocycles. The van der Waals surface area contributed by atoms with Crippen molar-refractivity contribution in [3.05, 3.63) is 52.7 Å². The molecule has 0 saturated heterocycles. The minimum atomic E-state index is -0.0712. The lowest BCUT2D eigenvalue weighted by atomic mass is 10.0. The van der Waals surface area contributed by atoms with Crippen LogP contribution in [-0.2, 0) is 5.33 Å². The summed E-state index contributed by atoms with van der Waals surface area (Å²) in [6.07, 6.45) is 5.02. The molecular weight excluding hydrogens is 256 g/mol. The van der Waals surface area contributed by atoms with Gasteiger partial charge in [-0.15, -0.1) is 0 Å². The average molecular weight is 265 g/mol. The molecule has 4 heteroatoms. The van der Waals surface area contributed by atoms with Gasteiger partial charge in [0.05, 0.1) is 5.56 Å². The van der Waals surface area contributed by atoms with E-state index in [9.17, 15) is 4.79 Å². The zero-order valence-electron chi connectivity index (χ0n) is 7.90. The van der Waals surface area contributed by atoms with Crippen molar-refractivity contribution in [2.75, 3.05) is 0 Å². The van der Waals surface area contributed by atoms with Crippen molar-refractivity contribution in [3.63, 3.8) is 0 Å². The van der Waals surface area contributed by atoms with Gasteiger partial charge in [-0.25, -0.2) is 0 Å². The lowest BCUT2D eigenvalue weighted by Gasteiger charge is -2.04. The minimum Gasteiger partial charge on any atom is -0.329 e. The Balaban J connectivity index is 2.67. The molecule has 0 atom stereocenters. The first-order valence-electron chi connectivity index (χ1n) is 4.50. The van der Waals surface area contributed by atoms with Gasteiger partial charge in [0.15, 0.2) is 0 Å². The zero-order valence-corrected chi connectivity index (χ0v) is 9.49. The van der Waals surface area contributed by atoms with Crippen LogP contribution in [0.15, 0.2) is 41.6 Å². The van der Waals surface area contributed by atoms with E-state index in [4.69, 9.17) is 0 Å². The zero-order chi connectivity index (χ0) is 10.7. The molecule has 0 amide bonds. The van der Waals surface area contributed by atoms with Gasteiger partial charge in [0.25, 0.3) is 5.56 Å². The maximum Gasteiger partial charge on any atom is 0.256 e. The molecule has 0 fully saturated rings. The summed E-state index contributed by atoms with van der Waals surface area (Å²) in [5.74, 6) is 0. The fraction of sp³-hybridized carbons (Fsp3) is 0.0909. The van der Waals surface area contributed by atoms with E-state index in [1.807, 2.05) is 18.2 Å². The molecule has 15 heavy (non-hydrogen) atoms. The van der Waals surface area contributed by atoms with Crippen LogP contribution < -0.4 is 5.56 Å². The Kier molecular flexibility index (Phi) is 2.97. The van der Waals surface area contributed by atoms with Crippen molar-refractivity contribution >= 4 is 15.9 Å². The summed E-state index contributed by atoms with van der Waals surface area (Å²) in [5, 5.41) is 0.661. The number of pyridine rings is 2. The van der Waals surface area contributed by atoms with Crippen LogP contribution in [0.25, 0.3) is 11.1 Å². The highest BCUT2D eigenvalue weighted by Crippen LogP contribution is 2.20. The number of halogens is 1. The molecule has 0 spiro atoms. The van der Waals surface area contributed by atoms with Crippen molar-refractivity contribution in [3.8, 4) is 11.1 Å². The summed E-state index contributed by atoms with van der Waals surface area (Å²) in [6, 6.07) is 5.55. The Bertz CT molecular complexity index is 507. The lowest BCUT2D eigenvalue weighted by molar-refractivity contribution is 1.20. The highest BCUT2D eigenvalue weighted by molar-refractivity contribution is 9.08. The van der Waals surface area contributed by atoms with Crippen LogP contribution in [0.5, 0.6) is 0 Å². The van der Waals surface area contributed by atoms with Crippen molar-refractivity contribution < 1.29 is 0 Å². The highest BCUT2D eigenvalue weighted by atomic mass is 79.9. The van der Waals surface area contributed by atoms with Gasteiger partial charge >= 0.3 is 0 Å². The number of hydrogen-bond donors (Lipinski definition) is 1. The summed E-state index contributed by atoms with van der Waals surface area (Å²) < 4.78 is 0. The predicted octanol–water partition coefficient (Wildman–Crippen LogP) is 2.33. The molecule has 0 radical (unpaired) electrons. The third-order valence-corrected chi connectivity index (χ3v) is 2.76. The Morgan fingerprint density at radius 2 is 2.00 bits per heavy atom. The first-order valence-corrected chi connectivity index (χ1v) is 5.62. The number of aromatic amines is 1. The Labute approximate surface area is 95.3 Å². The van der Waals surface area contributed by atoms with Crippen LogP contribution in [-0.4, -0.2) is 9.97 Å². The predicted molar refractivity (Wildman–Crippen MR) is 62.9 cm³/mol. The van der Waals surface area contributed by atoms with Gasteiger partial charge in [0.1, 0.15) is 0 Å². The Hall–Kier alpha value is -1.42. The molecule has 0 aromatic carbocycles. The monoisotopic (exact) mass is 264 g/mol. The van der Waals surface area contributed by atoms with Gasteiger partial charge in [-0.3, -0.25) is 9.78 Å². The van der Waals surface area contributed by atoms with Gasteiger partial charge in [0, 0.05) is 23.9 Å². The third-order valence-electron chi connectivity index (χ3n) is 2.16. The number of alkyl halides is 1. The van der Waals surface area contributed by atoms with Gasteiger partial charge in [-0.2, -0.15) is 0 Å². The van der Waals surface area contributed by atoms with Crippen molar-refractivity contribution in [2.24, 2.45) is 0 Å². The van der Waals surface area contributed by atoms with Crippen LogP contribution >= 0.6 is 15.9 Å². The SMILES string of the molecule is O=c1[nH]ccc(CBr)c1-c1ccncc1. The number of nitrogens with zero attached hydrogens (tertiary/aromatic N) is 1. The molecule has 2 aromatic rings. The van der Waals surface area contributed by atoms with Gasteiger partial charge < -0.3 is 4.98 Å². The second-order valence-electron chi connectivity index (χ2n) is 3.08. The summed E-state index contributed by atoms with van der Waals surface area (Å²) in [6.45, 7) is 0. The highest BCUT2D eigenvalue weighted by Gasteiger charge is 2.07. The minimum absolute atomic E-state index is 0.0712. The Morgan fingerprint density at radius 3 is 2.67 bits per heavy atom. The smallest absolute Gasteiger partial charge is 0.256 e. The van der Waals surface area contributed by atoms with Gasteiger partial charge in [0.2, 0.25) is 0 Å². The van der Waals surface area contributed by atoms with E-state index in [2.05, 4.69) is 25.9 Å². The number of aromatic nitrogens is 2. The summed E-state index contributed by atoms with van der Waals surface area (Å²) in [7, 11) is 0. The lowest BCUT2D eigenvalue weighted by Crippen LogP contribution is -2.10. The van der Waals surface area contributed by atoms with Crippen LogP contribution in [0.4, 0.5) is 0 Å². The topological polar surface area (TPSA) is 45.8 Å². The van der Waals surface area contributed by atoms with E-state index >= 15 is 0 Å². The maximum absolute atomic E-state index is 11.7. The fourth-order valence-electron chi connectivity index (χ4n) is 1.47. The first-order chi connectivity index (χ1) is 7.33. The molecule has 0 saturated carbocycles. The molecular formula is C11H9BrN2O. The van der Waals surface area contributed by atoms with Gasteiger partial charge in [-0.05, 0) is 29.3 Å². The normalized spacial score (nSPS) is 10.2. The number of rotatable bonds is 2. The third kappa shape index (κ3) is 1.99. The largest absolute Gasteiger partial charge is 0.329 e. The van der Waals surface area contributed by atoms with E-state index < -0.39 is 0 Å². The maximum atomic E-state index is 11.7. The van der Waals surface area contributed by atoms with Crippen molar-refractivity contribution in [2.45, 2.75) is 5.33 Å². The summed E-state index contributed by atoms with van der Waals surface area (Å²) in [4.78, 5) is 18.3.